The van der Waals surface area contributed by atoms with Crippen molar-refractivity contribution in [3.8, 4) is 11.1 Å². The SMILES string of the molecule is Cc1c(-c2ccccc2)c(=O)n(N)n1C. The van der Waals surface area contributed by atoms with Crippen LogP contribution in [-0.2, 0) is 7.05 Å². The molecule has 1 aromatic carbocycles. The molecule has 0 bridgehead atoms. The third-order valence-electron chi connectivity index (χ3n) is 2.65. The summed E-state index contributed by atoms with van der Waals surface area (Å²) in [5, 5.41) is 0. The molecule has 0 saturated heterocycles. The normalized spacial score (nSPS) is 10.5. The van der Waals surface area contributed by atoms with Crippen LogP contribution in [0.1, 0.15) is 5.69 Å². The third-order valence-corrected chi connectivity index (χ3v) is 2.65. The molecule has 0 unspecified atom stereocenters. The van der Waals surface area contributed by atoms with Crippen LogP contribution in [0.4, 0.5) is 0 Å². The zero-order valence-electron chi connectivity index (χ0n) is 8.77. The van der Waals surface area contributed by atoms with Gasteiger partial charge in [-0.25, -0.2) is 0 Å². The molecule has 0 radical (unpaired) electrons. The highest BCUT2D eigenvalue weighted by molar-refractivity contribution is 5.64. The molecule has 0 atom stereocenters. The van der Waals surface area contributed by atoms with Crippen molar-refractivity contribution in [1.82, 2.24) is 9.47 Å². The lowest BCUT2D eigenvalue weighted by Crippen LogP contribution is -2.29. The molecule has 15 heavy (non-hydrogen) atoms. The lowest BCUT2D eigenvalue weighted by Gasteiger charge is -2.00. The van der Waals surface area contributed by atoms with E-state index in [-0.39, 0.29) is 5.56 Å². The molecule has 78 valence electrons. The maximum Gasteiger partial charge on any atom is 0.293 e. The highest BCUT2D eigenvalue weighted by Gasteiger charge is 2.13. The van der Waals surface area contributed by atoms with Crippen LogP contribution in [0.15, 0.2) is 35.1 Å². The predicted octanol–water partition coefficient (Wildman–Crippen LogP) is 0.876. The lowest BCUT2D eigenvalue weighted by molar-refractivity contribution is 0.601. The van der Waals surface area contributed by atoms with E-state index in [0.717, 1.165) is 16.0 Å². The van der Waals surface area contributed by atoms with Gasteiger partial charge in [-0.2, -0.15) is 4.79 Å². The molecule has 0 aliphatic rings. The maximum atomic E-state index is 11.8. The Morgan fingerprint density at radius 1 is 1.20 bits per heavy atom. The average Bonchev–Trinajstić information content (AvgIpc) is 2.45. The third kappa shape index (κ3) is 1.34. The van der Waals surface area contributed by atoms with E-state index in [1.165, 1.54) is 0 Å². The number of aromatic nitrogens is 2. The molecule has 0 spiro atoms. The van der Waals surface area contributed by atoms with E-state index >= 15 is 0 Å². The molecule has 1 heterocycles. The Kier molecular flexibility index (Phi) is 2.11. The highest BCUT2D eigenvalue weighted by Crippen LogP contribution is 2.18. The molecule has 0 amide bonds. The van der Waals surface area contributed by atoms with Gasteiger partial charge in [-0.15, -0.1) is 0 Å². The Bertz CT molecular complexity index is 537. The van der Waals surface area contributed by atoms with Gasteiger partial charge < -0.3 is 5.84 Å². The van der Waals surface area contributed by atoms with Gasteiger partial charge in [0.15, 0.2) is 0 Å². The van der Waals surface area contributed by atoms with Gasteiger partial charge in [0.05, 0.1) is 5.56 Å². The van der Waals surface area contributed by atoms with Gasteiger partial charge in [0.25, 0.3) is 5.56 Å². The van der Waals surface area contributed by atoms with Crippen LogP contribution in [0.25, 0.3) is 11.1 Å². The first kappa shape index (κ1) is 9.58. The molecule has 1 aromatic heterocycles. The summed E-state index contributed by atoms with van der Waals surface area (Å²) in [6, 6.07) is 9.54. The summed E-state index contributed by atoms with van der Waals surface area (Å²) in [6.07, 6.45) is 0. The van der Waals surface area contributed by atoms with Crippen LogP contribution < -0.4 is 11.4 Å². The number of hydrogen-bond donors (Lipinski definition) is 1. The number of nitrogen functional groups attached to an aromatic ring is 1. The molecule has 2 N–H and O–H groups in total. The summed E-state index contributed by atoms with van der Waals surface area (Å²) in [5.74, 6) is 5.61. The summed E-state index contributed by atoms with van der Waals surface area (Å²) in [5.41, 5.74) is 2.27. The fraction of sp³-hybridized carbons (Fsp3) is 0.182. The first-order valence-corrected chi connectivity index (χ1v) is 4.72. The molecule has 4 heteroatoms. The summed E-state index contributed by atoms with van der Waals surface area (Å²) >= 11 is 0. The maximum absolute atomic E-state index is 11.8. The Balaban J connectivity index is 2.75. The molecular weight excluding hydrogens is 190 g/mol. The van der Waals surface area contributed by atoms with E-state index < -0.39 is 0 Å². The van der Waals surface area contributed by atoms with Gasteiger partial charge in [-0.3, -0.25) is 9.48 Å². The molecule has 2 aromatic rings. The second kappa shape index (κ2) is 3.31. The number of nitrogens with two attached hydrogens (primary N) is 1. The number of hydrogen-bond acceptors (Lipinski definition) is 2. The Morgan fingerprint density at radius 2 is 1.80 bits per heavy atom. The predicted molar refractivity (Wildman–Crippen MR) is 60.0 cm³/mol. The molecule has 0 aliphatic heterocycles. The Hall–Kier alpha value is -1.97. The fourth-order valence-electron chi connectivity index (χ4n) is 1.67. The van der Waals surface area contributed by atoms with Gasteiger partial charge in [-0.05, 0) is 12.5 Å². The van der Waals surface area contributed by atoms with Crippen LogP contribution in [0.2, 0.25) is 0 Å². The molecule has 0 saturated carbocycles. The van der Waals surface area contributed by atoms with Gasteiger partial charge >= 0.3 is 0 Å². The van der Waals surface area contributed by atoms with Crippen molar-refractivity contribution in [3.63, 3.8) is 0 Å². The fourth-order valence-corrected chi connectivity index (χ4v) is 1.67. The zero-order chi connectivity index (χ0) is 11.0. The number of nitrogens with zero attached hydrogens (tertiary/aromatic N) is 2. The van der Waals surface area contributed by atoms with E-state index in [1.807, 2.05) is 37.3 Å². The molecule has 4 nitrogen and oxygen atoms in total. The van der Waals surface area contributed by atoms with Crippen molar-refractivity contribution < 1.29 is 0 Å². The number of benzene rings is 1. The van der Waals surface area contributed by atoms with Crippen molar-refractivity contribution in [2.75, 3.05) is 5.84 Å². The van der Waals surface area contributed by atoms with Crippen LogP contribution in [-0.4, -0.2) is 9.47 Å². The van der Waals surface area contributed by atoms with Gasteiger partial charge in [0, 0.05) is 12.7 Å². The van der Waals surface area contributed by atoms with E-state index in [4.69, 9.17) is 5.84 Å². The van der Waals surface area contributed by atoms with Gasteiger partial charge in [0.2, 0.25) is 0 Å². The molecular formula is C11H13N3O. The summed E-state index contributed by atoms with van der Waals surface area (Å²) < 4.78 is 1.64. The standard InChI is InChI=1S/C11H13N3O/c1-8-10(9-6-4-3-5-7-9)11(15)14(12)13(8)2/h3-7H,12H2,1-2H3. The van der Waals surface area contributed by atoms with Crippen molar-refractivity contribution in [2.45, 2.75) is 6.92 Å². The first-order valence-electron chi connectivity index (χ1n) is 4.72. The van der Waals surface area contributed by atoms with E-state index in [9.17, 15) is 4.79 Å². The largest absolute Gasteiger partial charge is 0.321 e. The summed E-state index contributed by atoms with van der Waals surface area (Å²) in [4.78, 5) is 13.0. The Labute approximate surface area is 87.5 Å². The van der Waals surface area contributed by atoms with E-state index in [1.54, 1.807) is 11.7 Å². The highest BCUT2D eigenvalue weighted by atomic mass is 16.1. The van der Waals surface area contributed by atoms with E-state index in [0.29, 0.717) is 5.56 Å². The number of rotatable bonds is 1. The minimum atomic E-state index is -0.166. The lowest BCUT2D eigenvalue weighted by atomic mass is 10.1. The summed E-state index contributed by atoms with van der Waals surface area (Å²) in [6.45, 7) is 1.88. The van der Waals surface area contributed by atoms with Gasteiger partial charge in [-0.1, -0.05) is 30.3 Å². The van der Waals surface area contributed by atoms with E-state index in [2.05, 4.69) is 0 Å². The molecule has 0 fully saturated rings. The van der Waals surface area contributed by atoms with Crippen molar-refractivity contribution in [2.24, 2.45) is 7.05 Å². The Morgan fingerprint density at radius 3 is 2.27 bits per heavy atom. The summed E-state index contributed by atoms with van der Waals surface area (Å²) in [7, 11) is 1.77. The van der Waals surface area contributed by atoms with Crippen molar-refractivity contribution in [1.29, 1.82) is 0 Å². The van der Waals surface area contributed by atoms with Crippen molar-refractivity contribution >= 4 is 0 Å². The van der Waals surface area contributed by atoms with Crippen LogP contribution >= 0.6 is 0 Å². The van der Waals surface area contributed by atoms with Gasteiger partial charge in [0.1, 0.15) is 0 Å². The zero-order valence-corrected chi connectivity index (χ0v) is 8.77. The second-order valence-electron chi connectivity index (χ2n) is 3.50. The average molecular weight is 203 g/mol. The first-order chi connectivity index (χ1) is 7.13. The topological polar surface area (TPSA) is 52.9 Å². The minimum absolute atomic E-state index is 0.166. The van der Waals surface area contributed by atoms with Crippen LogP contribution in [0.3, 0.4) is 0 Å². The smallest absolute Gasteiger partial charge is 0.293 e. The minimum Gasteiger partial charge on any atom is -0.321 e. The molecule has 2 rings (SSSR count). The van der Waals surface area contributed by atoms with Crippen LogP contribution in [0, 0.1) is 6.92 Å². The van der Waals surface area contributed by atoms with Crippen LogP contribution in [0.5, 0.6) is 0 Å². The monoisotopic (exact) mass is 203 g/mol. The molecule has 0 aliphatic carbocycles. The quantitative estimate of drug-likeness (QED) is 0.699. The second-order valence-corrected chi connectivity index (χ2v) is 3.50. The van der Waals surface area contributed by atoms with Crippen molar-refractivity contribution in [3.05, 3.63) is 46.4 Å².